The summed E-state index contributed by atoms with van der Waals surface area (Å²) >= 11 is 0. The summed E-state index contributed by atoms with van der Waals surface area (Å²) in [7, 11) is 0. The summed E-state index contributed by atoms with van der Waals surface area (Å²) in [6, 6.07) is 12.7. The van der Waals surface area contributed by atoms with Crippen molar-refractivity contribution in [1.29, 1.82) is 0 Å². The van der Waals surface area contributed by atoms with Gasteiger partial charge in [0.2, 0.25) is 0 Å². The number of carbonyl (C=O) groups is 1. The minimum Gasteiger partial charge on any atom is -0.478 e. The third-order valence-electron chi connectivity index (χ3n) is 2.47. The van der Waals surface area contributed by atoms with Gasteiger partial charge in [0.25, 0.3) is 0 Å². The first-order valence-corrected chi connectivity index (χ1v) is 5.42. The van der Waals surface area contributed by atoms with Gasteiger partial charge in [-0.05, 0) is 35.4 Å². The van der Waals surface area contributed by atoms with Gasteiger partial charge >= 0.3 is 5.97 Å². The second kappa shape index (κ2) is 5.27. The Hall–Kier alpha value is -2.42. The summed E-state index contributed by atoms with van der Waals surface area (Å²) in [6.07, 6.45) is 3.58. The van der Waals surface area contributed by atoms with E-state index in [0.29, 0.717) is 0 Å². The monoisotopic (exact) mass is 242 g/mol. The van der Waals surface area contributed by atoms with E-state index in [2.05, 4.69) is 0 Å². The van der Waals surface area contributed by atoms with Gasteiger partial charge in [0.05, 0.1) is 5.56 Å². The third kappa shape index (κ3) is 3.04. The van der Waals surface area contributed by atoms with Crippen LogP contribution in [0.25, 0.3) is 12.2 Å². The van der Waals surface area contributed by atoms with Crippen LogP contribution < -0.4 is 0 Å². The van der Waals surface area contributed by atoms with Gasteiger partial charge in [-0.3, -0.25) is 0 Å². The average molecular weight is 242 g/mol. The minimum atomic E-state index is -0.948. The molecule has 0 aliphatic rings. The number of benzene rings is 2. The molecule has 0 atom stereocenters. The van der Waals surface area contributed by atoms with Crippen LogP contribution in [0.15, 0.2) is 48.5 Å². The van der Waals surface area contributed by atoms with Crippen LogP contribution >= 0.6 is 0 Å². The van der Waals surface area contributed by atoms with Gasteiger partial charge in [-0.1, -0.05) is 36.4 Å². The molecule has 90 valence electrons. The molecule has 0 radical (unpaired) electrons. The van der Waals surface area contributed by atoms with E-state index < -0.39 is 5.97 Å². The first-order chi connectivity index (χ1) is 8.65. The Bertz CT molecular complexity index is 586. The molecule has 2 aromatic rings. The minimum absolute atomic E-state index is 0.248. The average Bonchev–Trinajstić information content (AvgIpc) is 2.37. The molecular formula is C15H11FO2. The number of hydrogen-bond donors (Lipinski definition) is 1. The predicted octanol–water partition coefficient (Wildman–Crippen LogP) is 3.69. The molecule has 0 heterocycles. The Kier molecular flexibility index (Phi) is 3.53. The van der Waals surface area contributed by atoms with E-state index >= 15 is 0 Å². The maximum absolute atomic E-state index is 12.9. The number of halogens is 1. The van der Waals surface area contributed by atoms with Crippen LogP contribution in [-0.4, -0.2) is 11.1 Å². The fourth-order valence-electron chi connectivity index (χ4n) is 1.54. The van der Waals surface area contributed by atoms with Gasteiger partial charge in [0.1, 0.15) is 5.82 Å². The van der Waals surface area contributed by atoms with E-state index in [4.69, 9.17) is 5.11 Å². The quantitative estimate of drug-likeness (QED) is 0.833. The molecule has 0 saturated heterocycles. The Labute approximate surface area is 104 Å². The van der Waals surface area contributed by atoms with E-state index in [9.17, 15) is 9.18 Å². The van der Waals surface area contributed by atoms with Crippen LogP contribution in [0.1, 0.15) is 21.5 Å². The zero-order chi connectivity index (χ0) is 13.0. The van der Waals surface area contributed by atoms with Crippen LogP contribution in [-0.2, 0) is 0 Å². The first-order valence-electron chi connectivity index (χ1n) is 5.42. The normalized spacial score (nSPS) is 10.7. The summed E-state index contributed by atoms with van der Waals surface area (Å²) in [5.41, 5.74) is 1.87. The highest BCUT2D eigenvalue weighted by molar-refractivity contribution is 5.88. The highest BCUT2D eigenvalue weighted by Crippen LogP contribution is 2.11. The maximum atomic E-state index is 12.9. The number of carboxylic acids is 1. The van der Waals surface area contributed by atoms with Crippen LogP contribution in [0.5, 0.6) is 0 Å². The molecule has 18 heavy (non-hydrogen) atoms. The second-order valence-corrected chi connectivity index (χ2v) is 3.82. The molecule has 1 N–H and O–H groups in total. The van der Waals surface area contributed by atoms with Gasteiger partial charge in [-0.2, -0.15) is 0 Å². The molecule has 0 saturated carbocycles. The van der Waals surface area contributed by atoms with Crippen molar-refractivity contribution in [3.05, 3.63) is 71.0 Å². The van der Waals surface area contributed by atoms with Gasteiger partial charge in [0.15, 0.2) is 0 Å². The largest absolute Gasteiger partial charge is 0.478 e. The van der Waals surface area contributed by atoms with Crippen molar-refractivity contribution in [2.45, 2.75) is 0 Å². The summed E-state index contributed by atoms with van der Waals surface area (Å²) < 4.78 is 12.9. The van der Waals surface area contributed by atoms with Crippen LogP contribution in [0.4, 0.5) is 4.39 Å². The van der Waals surface area contributed by atoms with Crippen molar-refractivity contribution >= 4 is 18.1 Å². The number of aromatic carboxylic acids is 1. The van der Waals surface area contributed by atoms with Gasteiger partial charge in [-0.15, -0.1) is 0 Å². The Morgan fingerprint density at radius 3 is 2.28 bits per heavy atom. The number of hydrogen-bond acceptors (Lipinski definition) is 1. The molecule has 0 unspecified atom stereocenters. The Morgan fingerprint density at radius 2 is 1.67 bits per heavy atom. The molecule has 0 aliphatic carbocycles. The molecule has 0 amide bonds. The lowest BCUT2D eigenvalue weighted by atomic mass is 10.1. The van der Waals surface area contributed by atoms with Gasteiger partial charge < -0.3 is 5.11 Å². The van der Waals surface area contributed by atoms with E-state index in [-0.39, 0.29) is 11.4 Å². The molecule has 3 heteroatoms. The zero-order valence-electron chi connectivity index (χ0n) is 9.51. The first kappa shape index (κ1) is 12.0. The lowest BCUT2D eigenvalue weighted by Gasteiger charge is -1.97. The standard InChI is InChI=1S/C15H11FO2/c16-14-3-1-2-12(10-14)5-4-11-6-8-13(9-7-11)15(17)18/h1-10H,(H,17,18)/b5-4+. The summed E-state index contributed by atoms with van der Waals surface area (Å²) in [5, 5.41) is 8.75. The highest BCUT2D eigenvalue weighted by atomic mass is 19.1. The predicted molar refractivity (Wildman–Crippen MR) is 68.7 cm³/mol. The fourth-order valence-corrected chi connectivity index (χ4v) is 1.54. The Balaban J connectivity index is 2.16. The SMILES string of the molecule is O=C(O)c1ccc(/C=C/c2cccc(F)c2)cc1. The number of rotatable bonds is 3. The van der Waals surface area contributed by atoms with Crippen molar-refractivity contribution < 1.29 is 14.3 Å². The van der Waals surface area contributed by atoms with E-state index in [0.717, 1.165) is 11.1 Å². The Morgan fingerprint density at radius 1 is 1.00 bits per heavy atom. The van der Waals surface area contributed by atoms with E-state index in [1.165, 1.54) is 24.3 Å². The second-order valence-electron chi connectivity index (χ2n) is 3.82. The molecule has 0 aliphatic heterocycles. The van der Waals surface area contributed by atoms with Gasteiger partial charge in [-0.25, -0.2) is 9.18 Å². The van der Waals surface area contributed by atoms with Crippen molar-refractivity contribution in [2.24, 2.45) is 0 Å². The topological polar surface area (TPSA) is 37.3 Å². The molecule has 2 aromatic carbocycles. The van der Waals surface area contributed by atoms with Crippen LogP contribution in [0.2, 0.25) is 0 Å². The summed E-state index contributed by atoms with van der Waals surface area (Å²) in [6.45, 7) is 0. The molecule has 0 bridgehead atoms. The molecule has 0 fully saturated rings. The molecular weight excluding hydrogens is 231 g/mol. The lowest BCUT2D eigenvalue weighted by Crippen LogP contribution is -1.94. The van der Waals surface area contributed by atoms with Crippen LogP contribution in [0.3, 0.4) is 0 Å². The summed E-state index contributed by atoms with van der Waals surface area (Å²) in [5.74, 6) is -1.23. The molecule has 0 spiro atoms. The van der Waals surface area contributed by atoms with Crippen molar-refractivity contribution in [1.82, 2.24) is 0 Å². The van der Waals surface area contributed by atoms with Crippen LogP contribution in [0, 0.1) is 5.82 Å². The maximum Gasteiger partial charge on any atom is 0.335 e. The van der Waals surface area contributed by atoms with Gasteiger partial charge in [0, 0.05) is 0 Å². The fraction of sp³-hybridized carbons (Fsp3) is 0. The smallest absolute Gasteiger partial charge is 0.335 e. The van der Waals surface area contributed by atoms with Crippen molar-refractivity contribution in [3.8, 4) is 0 Å². The number of carboxylic acid groups (broad SMARTS) is 1. The zero-order valence-corrected chi connectivity index (χ0v) is 9.51. The lowest BCUT2D eigenvalue weighted by molar-refractivity contribution is 0.0697. The molecule has 0 aromatic heterocycles. The van der Waals surface area contributed by atoms with E-state index in [1.807, 2.05) is 0 Å². The van der Waals surface area contributed by atoms with Crippen molar-refractivity contribution in [3.63, 3.8) is 0 Å². The highest BCUT2D eigenvalue weighted by Gasteiger charge is 1.99. The van der Waals surface area contributed by atoms with E-state index in [1.54, 1.807) is 36.4 Å². The summed E-state index contributed by atoms with van der Waals surface area (Å²) in [4.78, 5) is 10.7. The third-order valence-corrected chi connectivity index (χ3v) is 2.47. The van der Waals surface area contributed by atoms with Crippen molar-refractivity contribution in [2.75, 3.05) is 0 Å². The molecule has 2 nitrogen and oxygen atoms in total. The molecule has 2 rings (SSSR count).